The topological polar surface area (TPSA) is 130 Å². The van der Waals surface area contributed by atoms with Crippen LogP contribution in [-0.4, -0.2) is 57.1 Å². The van der Waals surface area contributed by atoms with E-state index in [4.69, 9.17) is 20.4 Å². The molecule has 0 saturated carbocycles. The number of carboxylic acids is 1. The third-order valence-corrected chi connectivity index (χ3v) is 1.82. The van der Waals surface area contributed by atoms with Crippen LogP contribution in [0.5, 0.6) is 0 Å². The van der Waals surface area contributed by atoms with Crippen LogP contribution < -0.4 is 34.7 Å². The second-order valence-electron chi connectivity index (χ2n) is 2.74. The first kappa shape index (κ1) is 14.3. The van der Waals surface area contributed by atoms with E-state index in [0.717, 1.165) is 0 Å². The Kier molecular flexibility index (Phi) is 5.48. The molecule has 1 saturated heterocycles. The van der Waals surface area contributed by atoms with Gasteiger partial charge in [0.15, 0.2) is 6.29 Å². The normalized spacial score (nSPS) is 42.7. The van der Waals surface area contributed by atoms with Gasteiger partial charge in [-0.05, 0) is 0 Å². The van der Waals surface area contributed by atoms with E-state index in [0.29, 0.717) is 0 Å². The maximum absolute atomic E-state index is 10.3. The summed E-state index contributed by atoms with van der Waals surface area (Å²) in [4.78, 5) is 10.3. The first-order valence-electron chi connectivity index (χ1n) is 3.53. The van der Waals surface area contributed by atoms with Gasteiger partial charge in [-0.1, -0.05) is 0 Å². The Hall–Kier alpha value is 0.270. The van der Waals surface area contributed by atoms with E-state index in [-0.39, 0.29) is 29.6 Å². The Morgan fingerprint density at radius 2 is 1.57 bits per heavy atom. The molecule has 14 heavy (non-hydrogen) atoms. The molecule has 8 heteroatoms. The second kappa shape index (κ2) is 5.38. The van der Waals surface area contributed by atoms with Crippen molar-refractivity contribution in [3.05, 3.63) is 0 Å². The Labute approximate surface area is 101 Å². The van der Waals surface area contributed by atoms with Crippen molar-refractivity contribution in [2.45, 2.75) is 30.7 Å². The molecule has 0 aromatic carbocycles. The summed E-state index contributed by atoms with van der Waals surface area (Å²) in [6, 6.07) is 0. The molecule has 1 fully saturated rings. The predicted molar refractivity (Wildman–Crippen MR) is 33.9 cm³/mol. The van der Waals surface area contributed by atoms with Crippen LogP contribution in [0.1, 0.15) is 0 Å². The smallest absolute Gasteiger partial charge is 0.547 e. The van der Waals surface area contributed by atoms with E-state index in [9.17, 15) is 9.90 Å². The van der Waals surface area contributed by atoms with Gasteiger partial charge in [0.25, 0.3) is 0 Å². The van der Waals surface area contributed by atoms with Crippen LogP contribution >= 0.6 is 0 Å². The zero-order valence-corrected chi connectivity index (χ0v) is 9.40. The fourth-order valence-corrected chi connectivity index (χ4v) is 1.06. The van der Waals surface area contributed by atoms with Crippen LogP contribution in [-0.2, 0) is 9.53 Å². The van der Waals surface area contributed by atoms with Crippen LogP contribution in [0.25, 0.3) is 0 Å². The van der Waals surface area contributed by atoms with Crippen molar-refractivity contribution in [1.29, 1.82) is 0 Å². The molecule has 0 aliphatic carbocycles. The molecule has 0 unspecified atom stereocenters. The summed E-state index contributed by atoms with van der Waals surface area (Å²) >= 11 is 0. The summed E-state index contributed by atoms with van der Waals surface area (Å²) in [5.41, 5.74) is 0. The first-order valence-corrected chi connectivity index (χ1v) is 3.53. The number of carbonyl (C=O) groups excluding carboxylic acids is 1. The van der Waals surface area contributed by atoms with E-state index in [1.807, 2.05) is 0 Å². The van der Waals surface area contributed by atoms with Gasteiger partial charge in [0.05, 0.1) is 5.97 Å². The van der Waals surface area contributed by atoms with Crippen molar-refractivity contribution in [3.63, 3.8) is 0 Å². The first-order chi connectivity index (χ1) is 5.95. The average Bonchev–Trinajstić information content (AvgIpc) is 2.07. The molecule has 0 aromatic rings. The molecule has 1 aliphatic heterocycles. The number of ether oxygens (including phenoxy) is 1. The summed E-state index contributed by atoms with van der Waals surface area (Å²) in [6.45, 7) is 0. The molecule has 0 bridgehead atoms. The number of aliphatic carboxylic acids is 1. The van der Waals surface area contributed by atoms with Crippen molar-refractivity contribution >= 4 is 5.97 Å². The Morgan fingerprint density at radius 3 is 2.00 bits per heavy atom. The van der Waals surface area contributed by atoms with Crippen molar-refractivity contribution in [3.8, 4) is 0 Å². The van der Waals surface area contributed by atoms with E-state index in [1.54, 1.807) is 0 Å². The van der Waals surface area contributed by atoms with E-state index in [1.165, 1.54) is 0 Å². The molecule has 0 aromatic heterocycles. The Bertz CT molecular complexity index is 210. The third-order valence-electron chi connectivity index (χ3n) is 1.82. The summed E-state index contributed by atoms with van der Waals surface area (Å²) in [6.07, 6.45) is -9.00. The van der Waals surface area contributed by atoms with Gasteiger partial charge < -0.3 is 35.1 Å². The van der Waals surface area contributed by atoms with Gasteiger partial charge in [0.2, 0.25) is 0 Å². The maximum atomic E-state index is 10.3. The van der Waals surface area contributed by atoms with Crippen molar-refractivity contribution < 1.29 is 64.6 Å². The SMILES string of the molecule is O=C([O-])[C@@H]1O[C@@H](O)[C@@H](O)[C@@H](O)[C@@H]1O.[Na+]. The van der Waals surface area contributed by atoms with Crippen LogP contribution in [0, 0.1) is 0 Å². The van der Waals surface area contributed by atoms with Crippen molar-refractivity contribution in [2.75, 3.05) is 0 Å². The van der Waals surface area contributed by atoms with Gasteiger partial charge in [-0.3, -0.25) is 0 Å². The number of hydrogen-bond donors (Lipinski definition) is 4. The molecule has 0 amide bonds. The largest absolute Gasteiger partial charge is 1.00 e. The van der Waals surface area contributed by atoms with E-state index >= 15 is 0 Å². The number of aliphatic hydroxyl groups is 4. The number of rotatable bonds is 1. The number of carboxylic acid groups (broad SMARTS) is 1. The average molecular weight is 216 g/mol. The summed E-state index contributed by atoms with van der Waals surface area (Å²) < 4.78 is 4.28. The van der Waals surface area contributed by atoms with Crippen LogP contribution in [0.15, 0.2) is 0 Å². The fourth-order valence-electron chi connectivity index (χ4n) is 1.06. The molecule has 1 heterocycles. The van der Waals surface area contributed by atoms with Crippen LogP contribution in [0.3, 0.4) is 0 Å². The third kappa shape index (κ3) is 2.65. The standard InChI is InChI=1S/C6H10O7.Na/c7-1-2(8)4(5(10)11)13-6(12)3(1)9;/h1-4,6-9,12H,(H,10,11);/q;+1/p-1/t1-,2-,3-,4+,6+;/m0./s1. The van der Waals surface area contributed by atoms with Crippen molar-refractivity contribution in [2.24, 2.45) is 0 Å². The zero-order chi connectivity index (χ0) is 10.2. The fraction of sp³-hybridized carbons (Fsp3) is 0.833. The molecule has 5 atom stereocenters. The van der Waals surface area contributed by atoms with Gasteiger partial charge in [-0.2, -0.15) is 0 Å². The molecule has 76 valence electrons. The number of carbonyl (C=O) groups is 1. The molecule has 1 rings (SSSR count). The number of aliphatic hydroxyl groups excluding tert-OH is 4. The summed E-state index contributed by atoms with van der Waals surface area (Å²) in [5, 5.41) is 46.1. The Morgan fingerprint density at radius 1 is 1.07 bits per heavy atom. The molecule has 0 radical (unpaired) electrons. The summed E-state index contributed by atoms with van der Waals surface area (Å²) in [7, 11) is 0. The second-order valence-corrected chi connectivity index (χ2v) is 2.74. The van der Waals surface area contributed by atoms with Gasteiger partial charge in [-0.25, -0.2) is 0 Å². The monoisotopic (exact) mass is 216 g/mol. The molecule has 7 nitrogen and oxygen atoms in total. The minimum atomic E-state index is -1.85. The van der Waals surface area contributed by atoms with Crippen LogP contribution in [0.4, 0.5) is 0 Å². The van der Waals surface area contributed by atoms with Gasteiger partial charge in [0.1, 0.15) is 24.4 Å². The van der Waals surface area contributed by atoms with Crippen LogP contribution in [0.2, 0.25) is 0 Å². The molecule has 1 aliphatic rings. The zero-order valence-electron chi connectivity index (χ0n) is 7.40. The van der Waals surface area contributed by atoms with E-state index in [2.05, 4.69) is 4.74 Å². The van der Waals surface area contributed by atoms with E-state index < -0.39 is 36.7 Å². The van der Waals surface area contributed by atoms with Gasteiger partial charge >= 0.3 is 29.6 Å². The molecule has 4 N–H and O–H groups in total. The van der Waals surface area contributed by atoms with Crippen molar-refractivity contribution in [1.82, 2.24) is 0 Å². The minimum absolute atomic E-state index is 0. The molecule has 0 spiro atoms. The molecular formula is C6H9NaO7. The maximum Gasteiger partial charge on any atom is 1.00 e. The van der Waals surface area contributed by atoms with Gasteiger partial charge in [-0.15, -0.1) is 0 Å². The quantitative estimate of drug-likeness (QED) is 0.320. The minimum Gasteiger partial charge on any atom is -0.547 e. The van der Waals surface area contributed by atoms with Gasteiger partial charge in [0, 0.05) is 0 Å². The number of hydrogen-bond acceptors (Lipinski definition) is 7. The summed E-state index contributed by atoms with van der Waals surface area (Å²) in [5.74, 6) is -1.77. The Balaban J connectivity index is 0.00000169. The molecular weight excluding hydrogens is 207 g/mol. The predicted octanol–water partition coefficient (Wildman–Crippen LogP) is -7.46.